The molecule has 0 amide bonds. The second-order valence-electron chi connectivity index (χ2n) is 8.11. The molecular formula is C25H31BrN4O2. The summed E-state index contributed by atoms with van der Waals surface area (Å²) in [6, 6.07) is 11.5. The highest BCUT2D eigenvalue weighted by molar-refractivity contribution is 9.10. The van der Waals surface area contributed by atoms with Crippen LogP contribution in [0, 0.1) is 0 Å². The van der Waals surface area contributed by atoms with Crippen molar-refractivity contribution in [3.05, 3.63) is 62.6 Å². The molecule has 2 aromatic carbocycles. The highest BCUT2D eigenvalue weighted by Gasteiger charge is 2.12. The first-order chi connectivity index (χ1) is 15.3. The van der Waals surface area contributed by atoms with Gasteiger partial charge in [0.15, 0.2) is 0 Å². The number of halogens is 1. The largest absolute Gasteiger partial charge is 0.490 e. The van der Waals surface area contributed by atoms with E-state index >= 15 is 0 Å². The van der Waals surface area contributed by atoms with Gasteiger partial charge in [0.1, 0.15) is 11.6 Å². The van der Waals surface area contributed by atoms with Gasteiger partial charge in [-0.15, -0.1) is 0 Å². The standard InChI is InChI=1S/C25H31BrN4O2/c1-6-8-9-24-28-22-13-11-19(26)14-21(22)25(31)30(24)27-16-18-10-12-20(29(4)5)15-23(18)32-17(3)7-2/h10-17H,6-9H2,1-5H3/t17-/m0/s1. The summed E-state index contributed by atoms with van der Waals surface area (Å²) >= 11 is 3.45. The number of ether oxygens (including phenoxy) is 1. The molecule has 0 unspecified atom stereocenters. The fourth-order valence-corrected chi connectivity index (χ4v) is 3.60. The lowest BCUT2D eigenvalue weighted by molar-refractivity contribution is 0.217. The number of aryl methyl sites for hydroxylation is 1. The minimum absolute atomic E-state index is 0.0714. The van der Waals surface area contributed by atoms with Gasteiger partial charge in [0.05, 0.1) is 23.2 Å². The number of rotatable bonds is 9. The van der Waals surface area contributed by atoms with Crippen molar-refractivity contribution in [2.45, 2.75) is 52.6 Å². The third kappa shape index (κ3) is 5.57. The van der Waals surface area contributed by atoms with Gasteiger partial charge in [0.25, 0.3) is 5.56 Å². The van der Waals surface area contributed by atoms with E-state index in [2.05, 4.69) is 34.9 Å². The Morgan fingerprint density at radius 3 is 2.69 bits per heavy atom. The van der Waals surface area contributed by atoms with Crippen LogP contribution >= 0.6 is 15.9 Å². The first-order valence-corrected chi connectivity index (χ1v) is 11.9. The van der Waals surface area contributed by atoms with Crippen LogP contribution in [-0.4, -0.2) is 36.1 Å². The van der Waals surface area contributed by atoms with Crippen molar-refractivity contribution < 1.29 is 4.74 Å². The predicted octanol–water partition coefficient (Wildman–Crippen LogP) is 5.63. The lowest BCUT2D eigenvalue weighted by Gasteiger charge is -2.18. The van der Waals surface area contributed by atoms with Gasteiger partial charge in [-0.1, -0.05) is 36.2 Å². The third-order valence-corrected chi connectivity index (χ3v) is 5.85. The molecule has 0 fully saturated rings. The first kappa shape index (κ1) is 24.0. The monoisotopic (exact) mass is 498 g/mol. The maximum absolute atomic E-state index is 13.3. The van der Waals surface area contributed by atoms with Crippen LogP contribution in [-0.2, 0) is 6.42 Å². The zero-order chi connectivity index (χ0) is 23.3. The zero-order valence-electron chi connectivity index (χ0n) is 19.4. The molecule has 0 spiro atoms. The Kier molecular flexibility index (Phi) is 8.07. The normalized spacial score (nSPS) is 12.4. The molecule has 0 radical (unpaired) electrons. The number of nitrogens with zero attached hydrogens (tertiary/aromatic N) is 4. The highest BCUT2D eigenvalue weighted by atomic mass is 79.9. The molecule has 0 aliphatic carbocycles. The molecule has 0 aliphatic rings. The average molecular weight is 499 g/mol. The van der Waals surface area contributed by atoms with E-state index in [0.29, 0.717) is 23.1 Å². The van der Waals surface area contributed by atoms with Crippen molar-refractivity contribution in [2.24, 2.45) is 5.10 Å². The van der Waals surface area contributed by atoms with E-state index in [4.69, 9.17) is 9.72 Å². The Morgan fingerprint density at radius 1 is 1.22 bits per heavy atom. The summed E-state index contributed by atoms with van der Waals surface area (Å²) in [5.74, 6) is 1.41. The van der Waals surface area contributed by atoms with Crippen LogP contribution in [0.1, 0.15) is 51.4 Å². The summed E-state index contributed by atoms with van der Waals surface area (Å²) in [7, 11) is 3.99. The van der Waals surface area contributed by atoms with Crippen LogP contribution in [0.25, 0.3) is 10.9 Å². The molecule has 7 heteroatoms. The van der Waals surface area contributed by atoms with E-state index in [1.54, 1.807) is 12.3 Å². The van der Waals surface area contributed by atoms with E-state index in [1.807, 2.05) is 56.3 Å². The van der Waals surface area contributed by atoms with Gasteiger partial charge >= 0.3 is 0 Å². The van der Waals surface area contributed by atoms with Crippen LogP contribution in [0.2, 0.25) is 0 Å². The lowest BCUT2D eigenvalue weighted by Crippen LogP contribution is -2.22. The van der Waals surface area contributed by atoms with Gasteiger partial charge in [-0.2, -0.15) is 9.78 Å². The van der Waals surface area contributed by atoms with E-state index in [-0.39, 0.29) is 11.7 Å². The van der Waals surface area contributed by atoms with Crippen molar-refractivity contribution in [2.75, 3.05) is 19.0 Å². The molecule has 0 saturated carbocycles. The number of hydrogen-bond donors (Lipinski definition) is 0. The molecule has 1 aromatic heterocycles. The van der Waals surface area contributed by atoms with Crippen LogP contribution in [0.3, 0.4) is 0 Å². The molecule has 0 bridgehead atoms. The average Bonchev–Trinajstić information content (AvgIpc) is 2.78. The minimum atomic E-state index is -0.173. The molecule has 3 aromatic rings. The van der Waals surface area contributed by atoms with Crippen molar-refractivity contribution in [1.82, 2.24) is 9.66 Å². The summed E-state index contributed by atoms with van der Waals surface area (Å²) in [4.78, 5) is 20.1. The number of aromatic nitrogens is 2. The van der Waals surface area contributed by atoms with Gasteiger partial charge in [-0.25, -0.2) is 4.98 Å². The van der Waals surface area contributed by atoms with Gasteiger partial charge in [0.2, 0.25) is 0 Å². The summed E-state index contributed by atoms with van der Waals surface area (Å²) in [5, 5.41) is 5.12. The SMILES string of the molecule is CCCCc1nc2ccc(Br)cc2c(=O)n1N=Cc1ccc(N(C)C)cc1O[C@@H](C)CC. The number of unbranched alkanes of at least 4 members (excludes halogenated alkanes) is 1. The fraction of sp³-hybridized carbons (Fsp3) is 0.400. The molecule has 3 rings (SSSR count). The van der Waals surface area contributed by atoms with Crippen LogP contribution < -0.4 is 15.2 Å². The second-order valence-corrected chi connectivity index (χ2v) is 9.02. The van der Waals surface area contributed by atoms with Crippen molar-refractivity contribution in [1.29, 1.82) is 0 Å². The summed E-state index contributed by atoms with van der Waals surface area (Å²) in [6.45, 7) is 6.25. The highest BCUT2D eigenvalue weighted by Crippen LogP contribution is 2.25. The number of benzene rings is 2. The van der Waals surface area contributed by atoms with Gasteiger partial charge in [-0.05, 0) is 50.1 Å². The lowest BCUT2D eigenvalue weighted by atomic mass is 10.2. The molecule has 0 aliphatic heterocycles. The van der Waals surface area contributed by atoms with E-state index in [0.717, 1.165) is 40.7 Å². The zero-order valence-corrected chi connectivity index (χ0v) is 21.0. The maximum atomic E-state index is 13.3. The predicted molar refractivity (Wildman–Crippen MR) is 136 cm³/mol. The van der Waals surface area contributed by atoms with Crippen LogP contribution in [0.4, 0.5) is 5.69 Å². The van der Waals surface area contributed by atoms with Crippen molar-refractivity contribution in [3.63, 3.8) is 0 Å². The molecule has 6 nitrogen and oxygen atoms in total. The molecular weight excluding hydrogens is 468 g/mol. The first-order valence-electron chi connectivity index (χ1n) is 11.1. The van der Waals surface area contributed by atoms with E-state index in [1.165, 1.54) is 4.68 Å². The van der Waals surface area contributed by atoms with Crippen LogP contribution in [0.5, 0.6) is 5.75 Å². The molecule has 1 atom stereocenters. The van der Waals surface area contributed by atoms with Gasteiger partial charge < -0.3 is 9.64 Å². The Morgan fingerprint density at radius 2 is 2.00 bits per heavy atom. The molecule has 1 heterocycles. The summed E-state index contributed by atoms with van der Waals surface area (Å²) in [5.41, 5.74) is 2.37. The molecule has 170 valence electrons. The van der Waals surface area contributed by atoms with Gasteiger partial charge in [0, 0.05) is 42.3 Å². The summed E-state index contributed by atoms with van der Waals surface area (Å²) < 4.78 is 8.42. The van der Waals surface area contributed by atoms with Crippen molar-refractivity contribution in [3.8, 4) is 5.75 Å². The molecule has 32 heavy (non-hydrogen) atoms. The van der Waals surface area contributed by atoms with E-state index < -0.39 is 0 Å². The Bertz CT molecular complexity index is 1170. The Hall–Kier alpha value is -2.67. The summed E-state index contributed by atoms with van der Waals surface area (Å²) in [6.07, 6.45) is 5.29. The number of hydrogen-bond acceptors (Lipinski definition) is 5. The molecule has 0 N–H and O–H groups in total. The smallest absolute Gasteiger partial charge is 0.282 e. The van der Waals surface area contributed by atoms with Crippen LogP contribution in [0.15, 0.2) is 50.8 Å². The number of fused-ring (bicyclic) bond motifs is 1. The Labute approximate surface area is 198 Å². The minimum Gasteiger partial charge on any atom is -0.490 e. The van der Waals surface area contributed by atoms with Crippen molar-refractivity contribution >= 4 is 38.7 Å². The molecule has 0 saturated heterocycles. The van der Waals surface area contributed by atoms with E-state index in [9.17, 15) is 4.79 Å². The topological polar surface area (TPSA) is 59.7 Å². The second kappa shape index (κ2) is 10.8. The quantitative estimate of drug-likeness (QED) is 0.358. The fourth-order valence-electron chi connectivity index (χ4n) is 3.24. The van der Waals surface area contributed by atoms with Gasteiger partial charge in [-0.3, -0.25) is 4.79 Å². The third-order valence-electron chi connectivity index (χ3n) is 5.36. The number of anilines is 1. The maximum Gasteiger partial charge on any atom is 0.282 e. The Balaban J connectivity index is 2.10.